The number of rotatable bonds is 11. The van der Waals surface area contributed by atoms with Gasteiger partial charge >= 0.3 is 0 Å². The molecule has 0 unspecified atom stereocenters. The van der Waals surface area contributed by atoms with Crippen LogP contribution < -0.4 is 10.6 Å². The Morgan fingerprint density at radius 3 is 2.52 bits per heavy atom. The first kappa shape index (κ1) is 33.7. The number of β-amino-alcohol motifs (C(OH)–C–C–N with tert-alkyl or cyclic N) is 1. The van der Waals surface area contributed by atoms with E-state index in [4.69, 9.17) is 0 Å². The maximum atomic E-state index is 13.8. The molecule has 0 saturated carbocycles. The number of halogens is 1. The summed E-state index contributed by atoms with van der Waals surface area (Å²) in [4.78, 5) is 35.8. The molecule has 9 nitrogen and oxygen atoms in total. The smallest absolute Gasteiger partial charge is 0.239 e. The SMILES string of the molecule is CC(C)(C)NC(=O)[C@@H]1CN(Cc2cccnc2)CCN1C[C@@H](O)C[C@@H](Cc1ccc(F)cc1)C(=O)N[C@H]1c2ccccc2C[C@H]1O. The molecular formula is C36H46FN5O4. The van der Waals surface area contributed by atoms with Crippen LogP contribution in [-0.2, 0) is 29.0 Å². The van der Waals surface area contributed by atoms with Crippen molar-refractivity contribution in [3.8, 4) is 0 Å². The fourth-order valence-electron chi connectivity index (χ4n) is 6.57. The molecule has 5 rings (SSSR count). The molecule has 2 aromatic carbocycles. The Hall–Kier alpha value is -3.70. The number of carbonyl (C=O) groups is 2. The predicted molar refractivity (Wildman–Crippen MR) is 174 cm³/mol. The lowest BCUT2D eigenvalue weighted by Crippen LogP contribution is -2.61. The van der Waals surface area contributed by atoms with Gasteiger partial charge in [0.15, 0.2) is 0 Å². The summed E-state index contributed by atoms with van der Waals surface area (Å²) in [5.41, 5.74) is 3.30. The summed E-state index contributed by atoms with van der Waals surface area (Å²) in [6.07, 6.45) is 2.79. The van der Waals surface area contributed by atoms with Gasteiger partial charge in [0.05, 0.1) is 18.2 Å². The zero-order valence-electron chi connectivity index (χ0n) is 26.9. The standard InChI is InChI=1S/C36H46FN5O4/c1-36(2,3)40-35(46)31-23-41(21-25-7-6-14-38-20-25)15-16-42(31)22-29(43)18-27(17-24-10-12-28(37)13-11-24)34(45)39-33-30-9-5-4-8-26(30)19-32(33)44/h4-14,20,27,29,31-33,43-44H,15-19,21-23H2,1-3H3,(H,39,45)(H,40,46)/t27-,29+,31+,32-,33+/m1/s1. The highest BCUT2D eigenvalue weighted by molar-refractivity contribution is 5.83. The quantitative estimate of drug-likeness (QED) is 0.257. The molecule has 1 aliphatic heterocycles. The summed E-state index contributed by atoms with van der Waals surface area (Å²) >= 11 is 0. The molecule has 1 aromatic heterocycles. The lowest BCUT2D eigenvalue weighted by atomic mass is 9.91. The van der Waals surface area contributed by atoms with Crippen LogP contribution in [0.3, 0.4) is 0 Å². The van der Waals surface area contributed by atoms with E-state index in [1.165, 1.54) is 12.1 Å². The molecular weight excluding hydrogens is 585 g/mol. The van der Waals surface area contributed by atoms with E-state index in [2.05, 4.69) is 20.5 Å². The number of benzene rings is 2. The predicted octanol–water partition coefficient (Wildman–Crippen LogP) is 3.01. The van der Waals surface area contributed by atoms with Gasteiger partial charge in [0, 0.05) is 63.0 Å². The zero-order chi connectivity index (χ0) is 32.8. The van der Waals surface area contributed by atoms with Crippen LogP contribution in [0.1, 0.15) is 55.5 Å². The van der Waals surface area contributed by atoms with Crippen LogP contribution in [0, 0.1) is 11.7 Å². The molecule has 5 atom stereocenters. The lowest BCUT2D eigenvalue weighted by Gasteiger charge is -2.42. The van der Waals surface area contributed by atoms with Crippen LogP contribution >= 0.6 is 0 Å². The molecule has 46 heavy (non-hydrogen) atoms. The molecule has 3 aromatic rings. The van der Waals surface area contributed by atoms with Gasteiger partial charge in [-0.2, -0.15) is 0 Å². The highest BCUT2D eigenvalue weighted by Gasteiger charge is 2.37. The average molecular weight is 632 g/mol. The minimum Gasteiger partial charge on any atom is -0.392 e. The third-order valence-electron chi connectivity index (χ3n) is 8.77. The third-order valence-corrected chi connectivity index (χ3v) is 8.77. The van der Waals surface area contributed by atoms with Gasteiger partial charge in [0.1, 0.15) is 11.9 Å². The van der Waals surface area contributed by atoms with E-state index in [0.717, 1.165) is 22.3 Å². The van der Waals surface area contributed by atoms with Crippen molar-refractivity contribution in [2.75, 3.05) is 26.2 Å². The number of piperazine rings is 1. The molecule has 2 heterocycles. The Bertz CT molecular complexity index is 1470. The number of nitrogens with one attached hydrogen (secondary N) is 2. The summed E-state index contributed by atoms with van der Waals surface area (Å²) in [5.74, 6) is -1.40. The first-order valence-electron chi connectivity index (χ1n) is 16.1. The van der Waals surface area contributed by atoms with Crippen molar-refractivity contribution in [3.05, 3.63) is 101 Å². The third kappa shape index (κ3) is 8.97. The fraction of sp³-hybridized carbons (Fsp3) is 0.472. The molecule has 0 spiro atoms. The van der Waals surface area contributed by atoms with E-state index in [1.54, 1.807) is 18.3 Å². The Morgan fingerprint density at radius 1 is 1.04 bits per heavy atom. The van der Waals surface area contributed by atoms with Crippen molar-refractivity contribution in [3.63, 3.8) is 0 Å². The second-order valence-corrected chi connectivity index (χ2v) is 13.7. The monoisotopic (exact) mass is 631 g/mol. The van der Waals surface area contributed by atoms with Gasteiger partial charge in [0.2, 0.25) is 11.8 Å². The lowest BCUT2D eigenvalue weighted by molar-refractivity contribution is -0.132. The Kier molecular flexibility index (Phi) is 10.8. The normalized spacial score (nSPS) is 21.7. The van der Waals surface area contributed by atoms with Crippen molar-refractivity contribution in [1.82, 2.24) is 25.4 Å². The molecule has 10 heteroatoms. The van der Waals surface area contributed by atoms with Crippen LogP contribution in [-0.4, -0.2) is 86.8 Å². The van der Waals surface area contributed by atoms with E-state index in [0.29, 0.717) is 39.0 Å². The highest BCUT2D eigenvalue weighted by Crippen LogP contribution is 2.32. The van der Waals surface area contributed by atoms with Gasteiger partial charge in [0.25, 0.3) is 0 Å². The first-order chi connectivity index (χ1) is 21.9. The molecule has 0 radical (unpaired) electrons. The van der Waals surface area contributed by atoms with E-state index in [-0.39, 0.29) is 30.6 Å². The van der Waals surface area contributed by atoms with E-state index < -0.39 is 35.7 Å². The second-order valence-electron chi connectivity index (χ2n) is 13.7. The summed E-state index contributed by atoms with van der Waals surface area (Å²) in [6, 6.07) is 16.6. The maximum absolute atomic E-state index is 13.8. The van der Waals surface area contributed by atoms with Crippen LogP contribution in [0.4, 0.5) is 4.39 Å². The summed E-state index contributed by atoms with van der Waals surface area (Å²) in [5, 5.41) is 28.4. The van der Waals surface area contributed by atoms with E-state index >= 15 is 0 Å². The summed E-state index contributed by atoms with van der Waals surface area (Å²) < 4.78 is 13.7. The minimum absolute atomic E-state index is 0.106. The minimum atomic E-state index is -0.910. The summed E-state index contributed by atoms with van der Waals surface area (Å²) in [6.45, 7) is 8.47. The molecule has 0 bridgehead atoms. The fourth-order valence-corrected chi connectivity index (χ4v) is 6.57. The number of hydrogen-bond donors (Lipinski definition) is 4. The Morgan fingerprint density at radius 2 is 1.80 bits per heavy atom. The number of aliphatic hydroxyl groups excluding tert-OH is 2. The van der Waals surface area contributed by atoms with Crippen molar-refractivity contribution in [1.29, 1.82) is 0 Å². The number of amides is 2. The van der Waals surface area contributed by atoms with Crippen molar-refractivity contribution in [2.24, 2.45) is 5.92 Å². The number of fused-ring (bicyclic) bond motifs is 1. The largest absolute Gasteiger partial charge is 0.392 e. The average Bonchev–Trinajstić information content (AvgIpc) is 3.32. The second kappa shape index (κ2) is 14.8. The van der Waals surface area contributed by atoms with Gasteiger partial charge in [-0.15, -0.1) is 0 Å². The van der Waals surface area contributed by atoms with Gasteiger partial charge < -0.3 is 20.8 Å². The molecule has 1 saturated heterocycles. The number of pyridine rings is 1. The van der Waals surface area contributed by atoms with Gasteiger partial charge in [-0.1, -0.05) is 42.5 Å². The molecule has 246 valence electrons. The van der Waals surface area contributed by atoms with Crippen molar-refractivity contribution >= 4 is 11.8 Å². The van der Waals surface area contributed by atoms with Crippen molar-refractivity contribution < 1.29 is 24.2 Å². The maximum Gasteiger partial charge on any atom is 0.239 e. The van der Waals surface area contributed by atoms with Gasteiger partial charge in [-0.3, -0.25) is 24.4 Å². The van der Waals surface area contributed by atoms with Crippen LogP contribution in [0.15, 0.2) is 73.1 Å². The van der Waals surface area contributed by atoms with Crippen LogP contribution in [0.25, 0.3) is 0 Å². The van der Waals surface area contributed by atoms with E-state index in [9.17, 15) is 24.2 Å². The molecule has 1 aliphatic carbocycles. The number of nitrogens with zero attached hydrogens (tertiary/aromatic N) is 3. The van der Waals surface area contributed by atoms with Gasteiger partial charge in [-0.05, 0) is 74.1 Å². The number of hydrogen-bond acceptors (Lipinski definition) is 7. The highest BCUT2D eigenvalue weighted by atomic mass is 19.1. The topological polar surface area (TPSA) is 118 Å². The van der Waals surface area contributed by atoms with Gasteiger partial charge in [-0.25, -0.2) is 4.39 Å². The van der Waals surface area contributed by atoms with E-state index in [1.807, 2.05) is 68.3 Å². The molecule has 2 amide bonds. The molecule has 2 aliphatic rings. The van der Waals surface area contributed by atoms with Crippen molar-refractivity contribution in [2.45, 2.75) is 76.4 Å². The first-order valence-corrected chi connectivity index (χ1v) is 16.1. The number of carbonyl (C=O) groups excluding carboxylic acids is 2. The summed E-state index contributed by atoms with van der Waals surface area (Å²) in [7, 11) is 0. The molecule has 1 fully saturated rings. The van der Waals surface area contributed by atoms with Crippen LogP contribution in [0.2, 0.25) is 0 Å². The zero-order valence-corrected chi connectivity index (χ0v) is 26.9. The number of aliphatic hydroxyl groups is 2. The number of aromatic nitrogens is 1. The van der Waals surface area contributed by atoms with Crippen LogP contribution in [0.5, 0.6) is 0 Å². The molecule has 4 N–H and O–H groups in total. The Labute approximate surface area is 270 Å². The Balaban J connectivity index is 1.30.